The lowest BCUT2D eigenvalue weighted by molar-refractivity contribution is 0.316. The van der Waals surface area contributed by atoms with Gasteiger partial charge in [-0.2, -0.15) is 0 Å². The Hall–Kier alpha value is -1.23. The summed E-state index contributed by atoms with van der Waals surface area (Å²) < 4.78 is 0. The summed E-state index contributed by atoms with van der Waals surface area (Å²) in [5, 5.41) is 1.07. The predicted molar refractivity (Wildman–Crippen MR) is 94.0 cm³/mol. The molecule has 1 heterocycles. The summed E-state index contributed by atoms with van der Waals surface area (Å²) in [4.78, 5) is 8.09. The largest absolute Gasteiger partial charge is 0.326 e. The molecule has 2 aromatic rings. The average molecular weight is 315 g/mol. The van der Waals surface area contributed by atoms with Gasteiger partial charge < -0.3 is 10.6 Å². The standard InChI is InChI=1S/C18H25N3S/c1-21(16-9-10-16)11-3-2-4-14-5-7-15(8-6-14)18-20-13-17(12-19)22-18/h5-8,13,16H,2-4,9-12,19H2,1H3. The van der Waals surface area contributed by atoms with Gasteiger partial charge in [-0.15, -0.1) is 11.3 Å². The lowest BCUT2D eigenvalue weighted by atomic mass is 10.1. The van der Waals surface area contributed by atoms with Gasteiger partial charge in [-0.3, -0.25) is 0 Å². The number of benzene rings is 1. The Bertz CT molecular complexity index is 587. The van der Waals surface area contributed by atoms with Gasteiger partial charge in [0.1, 0.15) is 5.01 Å². The molecule has 1 fully saturated rings. The molecule has 0 saturated heterocycles. The topological polar surface area (TPSA) is 42.2 Å². The van der Waals surface area contributed by atoms with E-state index >= 15 is 0 Å². The van der Waals surface area contributed by atoms with Gasteiger partial charge in [0.25, 0.3) is 0 Å². The molecule has 1 saturated carbocycles. The lowest BCUT2D eigenvalue weighted by Crippen LogP contribution is -2.21. The van der Waals surface area contributed by atoms with Crippen LogP contribution >= 0.6 is 11.3 Å². The summed E-state index contributed by atoms with van der Waals surface area (Å²) in [6, 6.07) is 9.73. The molecule has 2 N–H and O–H groups in total. The Labute approximate surface area is 137 Å². The first kappa shape index (κ1) is 15.7. The first-order valence-corrected chi connectivity index (χ1v) is 9.02. The van der Waals surface area contributed by atoms with Crippen molar-refractivity contribution in [3.8, 4) is 10.6 Å². The Balaban J connectivity index is 1.46. The monoisotopic (exact) mass is 315 g/mol. The minimum atomic E-state index is 0.574. The van der Waals surface area contributed by atoms with Gasteiger partial charge in [0.2, 0.25) is 0 Å². The van der Waals surface area contributed by atoms with Gasteiger partial charge in [-0.25, -0.2) is 4.98 Å². The van der Waals surface area contributed by atoms with Gasteiger partial charge in [-0.1, -0.05) is 24.3 Å². The number of nitrogens with zero attached hydrogens (tertiary/aromatic N) is 2. The second-order valence-electron chi connectivity index (χ2n) is 6.20. The molecular formula is C18H25N3S. The lowest BCUT2D eigenvalue weighted by Gasteiger charge is -2.14. The molecule has 0 unspecified atom stereocenters. The molecule has 1 aromatic carbocycles. The van der Waals surface area contributed by atoms with Gasteiger partial charge in [0.15, 0.2) is 0 Å². The van der Waals surface area contributed by atoms with Crippen molar-refractivity contribution >= 4 is 11.3 Å². The fourth-order valence-electron chi connectivity index (χ4n) is 2.74. The van der Waals surface area contributed by atoms with E-state index in [4.69, 9.17) is 5.73 Å². The number of rotatable bonds is 8. The molecule has 118 valence electrons. The molecule has 0 radical (unpaired) electrons. The van der Waals surface area contributed by atoms with E-state index in [9.17, 15) is 0 Å². The molecule has 0 amide bonds. The Morgan fingerprint density at radius 2 is 2.00 bits per heavy atom. The smallest absolute Gasteiger partial charge is 0.123 e. The van der Waals surface area contributed by atoms with Crippen molar-refractivity contribution in [3.05, 3.63) is 40.9 Å². The van der Waals surface area contributed by atoms with Crippen LogP contribution in [0.25, 0.3) is 10.6 Å². The minimum absolute atomic E-state index is 0.574. The maximum Gasteiger partial charge on any atom is 0.123 e. The van der Waals surface area contributed by atoms with Crippen LogP contribution in [-0.2, 0) is 13.0 Å². The van der Waals surface area contributed by atoms with Crippen LogP contribution in [0, 0.1) is 0 Å². The third-order valence-electron chi connectivity index (χ3n) is 4.35. The second kappa shape index (κ2) is 7.36. The van der Waals surface area contributed by atoms with Crippen molar-refractivity contribution in [1.29, 1.82) is 0 Å². The molecule has 3 nitrogen and oxygen atoms in total. The van der Waals surface area contributed by atoms with E-state index in [1.54, 1.807) is 11.3 Å². The van der Waals surface area contributed by atoms with E-state index in [1.807, 2.05) is 6.20 Å². The van der Waals surface area contributed by atoms with E-state index < -0.39 is 0 Å². The third-order valence-corrected chi connectivity index (χ3v) is 5.42. The molecule has 0 atom stereocenters. The van der Waals surface area contributed by atoms with Crippen LogP contribution in [0.2, 0.25) is 0 Å². The number of hydrogen-bond donors (Lipinski definition) is 1. The summed E-state index contributed by atoms with van der Waals surface area (Å²) in [7, 11) is 2.26. The van der Waals surface area contributed by atoms with Crippen molar-refractivity contribution in [2.75, 3.05) is 13.6 Å². The summed E-state index contributed by atoms with van der Waals surface area (Å²) in [5.41, 5.74) is 8.26. The SMILES string of the molecule is CN(CCCCc1ccc(-c2ncc(CN)s2)cc1)C1CC1. The summed E-state index contributed by atoms with van der Waals surface area (Å²) in [6.07, 6.45) is 8.42. The highest BCUT2D eigenvalue weighted by molar-refractivity contribution is 7.15. The number of aryl methyl sites for hydroxylation is 1. The molecule has 4 heteroatoms. The molecule has 0 spiro atoms. The Morgan fingerprint density at radius 1 is 1.23 bits per heavy atom. The van der Waals surface area contributed by atoms with Crippen LogP contribution in [0.3, 0.4) is 0 Å². The quantitative estimate of drug-likeness (QED) is 0.756. The number of nitrogens with two attached hydrogens (primary N) is 1. The average Bonchev–Trinajstić information content (AvgIpc) is 3.30. The van der Waals surface area contributed by atoms with Crippen LogP contribution in [0.1, 0.15) is 36.1 Å². The molecule has 1 aliphatic carbocycles. The van der Waals surface area contributed by atoms with Crippen molar-refractivity contribution in [3.63, 3.8) is 0 Å². The number of aromatic nitrogens is 1. The zero-order valence-electron chi connectivity index (χ0n) is 13.3. The zero-order chi connectivity index (χ0) is 15.4. The fraction of sp³-hybridized carbons (Fsp3) is 0.500. The molecule has 22 heavy (non-hydrogen) atoms. The zero-order valence-corrected chi connectivity index (χ0v) is 14.1. The highest BCUT2D eigenvalue weighted by Gasteiger charge is 2.25. The van der Waals surface area contributed by atoms with E-state index in [0.717, 1.165) is 15.9 Å². The highest BCUT2D eigenvalue weighted by Crippen LogP contribution is 2.26. The van der Waals surface area contributed by atoms with Gasteiger partial charge in [0, 0.05) is 29.2 Å². The van der Waals surface area contributed by atoms with Crippen molar-refractivity contribution in [2.45, 2.75) is 44.7 Å². The highest BCUT2D eigenvalue weighted by atomic mass is 32.1. The van der Waals surface area contributed by atoms with Crippen LogP contribution in [0.4, 0.5) is 0 Å². The fourth-order valence-corrected chi connectivity index (χ4v) is 3.53. The third kappa shape index (κ3) is 4.15. The number of hydrogen-bond acceptors (Lipinski definition) is 4. The first-order chi connectivity index (χ1) is 10.8. The second-order valence-corrected chi connectivity index (χ2v) is 7.32. The number of thiazole rings is 1. The summed E-state index contributed by atoms with van der Waals surface area (Å²) >= 11 is 1.68. The van der Waals surface area contributed by atoms with Crippen molar-refractivity contribution in [2.24, 2.45) is 5.73 Å². The van der Waals surface area contributed by atoms with E-state index in [1.165, 1.54) is 49.8 Å². The maximum absolute atomic E-state index is 5.64. The first-order valence-electron chi connectivity index (χ1n) is 8.20. The predicted octanol–water partition coefficient (Wildman–Crippen LogP) is 3.69. The molecule has 0 aliphatic heterocycles. The van der Waals surface area contributed by atoms with Crippen LogP contribution < -0.4 is 5.73 Å². The van der Waals surface area contributed by atoms with E-state index in [-0.39, 0.29) is 0 Å². The molecule has 0 bridgehead atoms. The Kier molecular flexibility index (Phi) is 5.24. The van der Waals surface area contributed by atoms with Gasteiger partial charge in [0.05, 0.1) is 0 Å². The minimum Gasteiger partial charge on any atom is -0.326 e. The van der Waals surface area contributed by atoms with E-state index in [2.05, 4.69) is 41.2 Å². The summed E-state index contributed by atoms with van der Waals surface area (Å²) in [6.45, 7) is 1.81. The maximum atomic E-state index is 5.64. The van der Waals surface area contributed by atoms with Crippen LogP contribution in [0.5, 0.6) is 0 Å². The van der Waals surface area contributed by atoms with Crippen molar-refractivity contribution < 1.29 is 0 Å². The summed E-state index contributed by atoms with van der Waals surface area (Å²) in [5.74, 6) is 0. The van der Waals surface area contributed by atoms with E-state index in [0.29, 0.717) is 6.54 Å². The molecule has 3 rings (SSSR count). The normalized spacial score (nSPS) is 14.7. The Morgan fingerprint density at radius 3 is 2.64 bits per heavy atom. The molecular weight excluding hydrogens is 290 g/mol. The molecule has 1 aromatic heterocycles. The number of unbranched alkanes of at least 4 members (excludes halogenated alkanes) is 1. The van der Waals surface area contributed by atoms with Crippen LogP contribution in [-0.4, -0.2) is 29.5 Å². The van der Waals surface area contributed by atoms with Gasteiger partial charge in [-0.05, 0) is 51.3 Å². The van der Waals surface area contributed by atoms with Crippen LogP contribution in [0.15, 0.2) is 30.5 Å². The molecule has 1 aliphatic rings. The van der Waals surface area contributed by atoms with Gasteiger partial charge >= 0.3 is 0 Å². The van der Waals surface area contributed by atoms with Crippen molar-refractivity contribution in [1.82, 2.24) is 9.88 Å².